The van der Waals surface area contributed by atoms with Crippen LogP contribution in [0.4, 0.5) is 0 Å². The molecule has 0 atom stereocenters. The van der Waals surface area contributed by atoms with E-state index in [0.717, 1.165) is 18.9 Å². The summed E-state index contributed by atoms with van der Waals surface area (Å²) in [5, 5.41) is -0.365. The van der Waals surface area contributed by atoms with Crippen LogP contribution in [0.3, 0.4) is 0 Å². The van der Waals surface area contributed by atoms with Gasteiger partial charge < -0.3 is 13.9 Å². The van der Waals surface area contributed by atoms with E-state index in [2.05, 4.69) is 9.46 Å². The van der Waals surface area contributed by atoms with Gasteiger partial charge in [0.05, 0.1) is 6.10 Å². The lowest BCUT2D eigenvalue weighted by Gasteiger charge is -2.07. The zero-order valence-corrected chi connectivity index (χ0v) is 13.0. The van der Waals surface area contributed by atoms with Crippen molar-refractivity contribution in [2.45, 2.75) is 43.9 Å². The quantitative estimate of drug-likeness (QED) is 0.736. The first-order chi connectivity index (χ1) is 10.3. The van der Waals surface area contributed by atoms with Crippen LogP contribution in [0, 0.1) is 0 Å². The number of furan rings is 1. The fraction of sp³-hybridized carbons (Fsp3) is 0.538. The summed E-state index contributed by atoms with van der Waals surface area (Å²) < 4.78 is 40.6. The number of carbonyl (C=O) groups is 2. The van der Waals surface area contributed by atoms with Gasteiger partial charge in [-0.15, -0.1) is 0 Å². The third-order valence-corrected chi connectivity index (χ3v) is 4.03. The molecule has 122 valence electrons. The van der Waals surface area contributed by atoms with E-state index in [1.54, 1.807) is 13.8 Å². The van der Waals surface area contributed by atoms with E-state index in [9.17, 15) is 18.0 Å². The first kappa shape index (κ1) is 16.5. The molecule has 0 radical (unpaired) electrons. The third-order valence-electron chi connectivity index (χ3n) is 2.63. The third kappa shape index (κ3) is 4.57. The molecule has 1 aliphatic rings. The second-order valence-electron chi connectivity index (χ2n) is 5.13. The predicted molar refractivity (Wildman–Crippen MR) is 73.6 cm³/mol. The van der Waals surface area contributed by atoms with Crippen LogP contribution in [0.25, 0.3) is 0 Å². The summed E-state index contributed by atoms with van der Waals surface area (Å²) in [5.74, 6) is -1.93. The van der Waals surface area contributed by atoms with Crippen LogP contribution in [0.5, 0.6) is 0 Å². The highest BCUT2D eigenvalue weighted by atomic mass is 32.2. The van der Waals surface area contributed by atoms with Gasteiger partial charge in [0.1, 0.15) is 0 Å². The van der Waals surface area contributed by atoms with Gasteiger partial charge in [0.25, 0.3) is 10.0 Å². The molecule has 2 rings (SSSR count). The number of nitrogens with one attached hydrogen (secondary N) is 1. The Labute approximate surface area is 127 Å². The van der Waals surface area contributed by atoms with Gasteiger partial charge in [0.2, 0.25) is 10.9 Å². The van der Waals surface area contributed by atoms with Crippen LogP contribution >= 0.6 is 0 Å². The molecule has 0 aromatic carbocycles. The first-order valence-electron chi connectivity index (χ1n) is 6.76. The minimum absolute atomic E-state index is 0.0729. The molecule has 8 nitrogen and oxygen atoms in total. The second-order valence-corrected chi connectivity index (χ2v) is 6.77. The SMILES string of the molecule is CC(C)OC(=O)COC(=O)c1ccc(S(=O)(=O)NC2CC2)o1. The molecule has 1 saturated carbocycles. The minimum atomic E-state index is -3.77. The molecule has 0 unspecified atom stereocenters. The number of carbonyl (C=O) groups excluding carboxylic acids is 2. The van der Waals surface area contributed by atoms with Gasteiger partial charge in [-0.25, -0.2) is 22.7 Å². The summed E-state index contributed by atoms with van der Waals surface area (Å²) in [6.07, 6.45) is 1.25. The predicted octanol–water partition coefficient (Wildman–Crippen LogP) is 0.829. The van der Waals surface area contributed by atoms with E-state index in [4.69, 9.17) is 9.15 Å². The molecule has 0 aliphatic heterocycles. The van der Waals surface area contributed by atoms with Crippen molar-refractivity contribution >= 4 is 22.0 Å². The van der Waals surface area contributed by atoms with Crippen molar-refractivity contribution in [2.24, 2.45) is 0 Å². The monoisotopic (exact) mass is 331 g/mol. The Morgan fingerprint density at radius 1 is 1.36 bits per heavy atom. The Morgan fingerprint density at radius 3 is 2.64 bits per heavy atom. The zero-order valence-electron chi connectivity index (χ0n) is 12.2. The normalized spacial score (nSPS) is 14.9. The zero-order chi connectivity index (χ0) is 16.3. The van der Waals surface area contributed by atoms with E-state index in [1.165, 1.54) is 6.07 Å². The smallest absolute Gasteiger partial charge is 0.374 e. The van der Waals surface area contributed by atoms with Crippen LogP contribution in [-0.2, 0) is 24.3 Å². The maximum Gasteiger partial charge on any atom is 0.374 e. The number of esters is 2. The fourth-order valence-electron chi connectivity index (χ4n) is 1.55. The highest BCUT2D eigenvalue weighted by molar-refractivity contribution is 7.89. The molecule has 9 heteroatoms. The molecule has 1 heterocycles. The van der Waals surface area contributed by atoms with Crippen LogP contribution in [0.1, 0.15) is 37.2 Å². The van der Waals surface area contributed by atoms with Crippen LogP contribution in [-0.4, -0.2) is 39.1 Å². The van der Waals surface area contributed by atoms with Crippen LogP contribution in [0.15, 0.2) is 21.6 Å². The molecule has 0 bridgehead atoms. The van der Waals surface area contributed by atoms with Crippen molar-refractivity contribution in [3.63, 3.8) is 0 Å². The first-order valence-corrected chi connectivity index (χ1v) is 8.25. The highest BCUT2D eigenvalue weighted by Crippen LogP contribution is 2.23. The summed E-state index contributed by atoms with van der Waals surface area (Å²) in [7, 11) is -3.77. The molecule has 1 fully saturated rings. The van der Waals surface area contributed by atoms with Crippen molar-refractivity contribution in [3.05, 3.63) is 17.9 Å². The van der Waals surface area contributed by atoms with Crippen molar-refractivity contribution in [1.82, 2.24) is 4.72 Å². The number of rotatable bonds is 7. The Bertz CT molecular complexity index is 658. The average molecular weight is 331 g/mol. The molecule has 0 saturated heterocycles. The van der Waals surface area contributed by atoms with E-state index in [0.29, 0.717) is 0 Å². The Kier molecular flexibility index (Phi) is 4.87. The summed E-state index contributed by atoms with van der Waals surface area (Å²) in [6, 6.07) is 2.27. The Hall–Kier alpha value is -1.87. The standard InChI is InChI=1S/C13H17NO7S/c1-8(2)20-11(15)7-19-13(16)10-5-6-12(21-10)22(17,18)14-9-3-4-9/h5-6,8-9,14H,3-4,7H2,1-2H3. The molecule has 1 N–H and O–H groups in total. The number of ether oxygens (including phenoxy) is 2. The van der Waals surface area contributed by atoms with Gasteiger partial charge in [-0.05, 0) is 38.8 Å². The topological polar surface area (TPSA) is 112 Å². The van der Waals surface area contributed by atoms with Gasteiger partial charge in [0, 0.05) is 6.04 Å². The van der Waals surface area contributed by atoms with E-state index in [-0.39, 0.29) is 23.0 Å². The molecule has 1 aromatic heterocycles. The maximum atomic E-state index is 11.9. The second kappa shape index (κ2) is 6.49. The lowest BCUT2D eigenvalue weighted by Crippen LogP contribution is -2.25. The highest BCUT2D eigenvalue weighted by Gasteiger charge is 2.30. The van der Waals surface area contributed by atoms with Gasteiger partial charge in [-0.1, -0.05) is 0 Å². The van der Waals surface area contributed by atoms with Crippen molar-refractivity contribution in [1.29, 1.82) is 0 Å². The van der Waals surface area contributed by atoms with Gasteiger partial charge in [0.15, 0.2) is 6.61 Å². The molecule has 0 amide bonds. The number of sulfonamides is 1. The summed E-state index contributed by atoms with van der Waals surface area (Å²) >= 11 is 0. The van der Waals surface area contributed by atoms with Crippen molar-refractivity contribution in [3.8, 4) is 0 Å². The van der Waals surface area contributed by atoms with Crippen LogP contribution < -0.4 is 4.72 Å². The minimum Gasteiger partial charge on any atom is -0.460 e. The van der Waals surface area contributed by atoms with E-state index < -0.39 is 28.6 Å². The average Bonchev–Trinajstić information content (AvgIpc) is 3.06. The van der Waals surface area contributed by atoms with Gasteiger partial charge in [-0.2, -0.15) is 0 Å². The molecule has 22 heavy (non-hydrogen) atoms. The molecule has 1 aliphatic carbocycles. The number of hydrogen-bond donors (Lipinski definition) is 1. The lowest BCUT2D eigenvalue weighted by molar-refractivity contribution is -0.151. The Morgan fingerprint density at radius 2 is 2.05 bits per heavy atom. The summed E-state index contributed by atoms with van der Waals surface area (Å²) in [6.45, 7) is 2.76. The largest absolute Gasteiger partial charge is 0.460 e. The summed E-state index contributed by atoms with van der Waals surface area (Å²) in [5.41, 5.74) is 0. The molecular weight excluding hydrogens is 314 g/mol. The molecule has 0 spiro atoms. The van der Waals surface area contributed by atoms with E-state index >= 15 is 0 Å². The molecular formula is C13H17NO7S. The fourth-order valence-corrected chi connectivity index (χ4v) is 2.78. The van der Waals surface area contributed by atoms with E-state index in [1.807, 2.05) is 0 Å². The lowest BCUT2D eigenvalue weighted by atomic mass is 10.4. The number of hydrogen-bond acceptors (Lipinski definition) is 7. The van der Waals surface area contributed by atoms with Gasteiger partial charge >= 0.3 is 11.9 Å². The molecule has 1 aromatic rings. The van der Waals surface area contributed by atoms with Crippen LogP contribution in [0.2, 0.25) is 0 Å². The van der Waals surface area contributed by atoms with Gasteiger partial charge in [-0.3, -0.25) is 0 Å². The summed E-state index contributed by atoms with van der Waals surface area (Å²) in [4.78, 5) is 22.9. The maximum absolute atomic E-state index is 11.9. The van der Waals surface area contributed by atoms with Crippen molar-refractivity contribution < 1.29 is 31.9 Å². The van der Waals surface area contributed by atoms with Crippen molar-refractivity contribution in [2.75, 3.05) is 6.61 Å². The Balaban J connectivity index is 1.92.